The van der Waals surface area contributed by atoms with E-state index < -0.39 is 0 Å². The van der Waals surface area contributed by atoms with E-state index in [9.17, 15) is 4.79 Å². The molecule has 4 rings (SSSR count). The lowest BCUT2D eigenvalue weighted by Crippen LogP contribution is -2.39. The van der Waals surface area contributed by atoms with Crippen LogP contribution in [0.2, 0.25) is 0 Å². The van der Waals surface area contributed by atoms with Gasteiger partial charge >= 0.3 is 0 Å². The first-order valence-electron chi connectivity index (χ1n) is 11.0. The van der Waals surface area contributed by atoms with Gasteiger partial charge in [-0.15, -0.1) is 0 Å². The number of rotatable bonds is 7. The molecule has 1 amide bonds. The van der Waals surface area contributed by atoms with Crippen molar-refractivity contribution in [2.45, 2.75) is 40.2 Å². The summed E-state index contributed by atoms with van der Waals surface area (Å²) in [5.41, 5.74) is 3.80. The van der Waals surface area contributed by atoms with Crippen LogP contribution in [0.1, 0.15) is 47.9 Å². The van der Waals surface area contributed by atoms with Crippen molar-refractivity contribution in [1.82, 2.24) is 19.7 Å². The Morgan fingerprint density at radius 1 is 1.26 bits per heavy atom. The molecule has 1 saturated heterocycles. The molecule has 0 bridgehead atoms. The van der Waals surface area contributed by atoms with Gasteiger partial charge in [-0.05, 0) is 57.4 Å². The number of amides is 1. The SMILES string of the molecule is Cc1cc(C)c2sc(N(CCCN3CCOCC3)C(=O)c3ccn(C(C)C)n3)nc2c1. The summed E-state index contributed by atoms with van der Waals surface area (Å²) in [5.74, 6) is -0.0881. The Labute approximate surface area is 187 Å². The maximum atomic E-state index is 13.5. The molecule has 7 nitrogen and oxygen atoms in total. The summed E-state index contributed by atoms with van der Waals surface area (Å²) >= 11 is 1.59. The highest BCUT2D eigenvalue weighted by molar-refractivity contribution is 7.22. The topological polar surface area (TPSA) is 63.5 Å². The number of hydrogen-bond donors (Lipinski definition) is 0. The maximum absolute atomic E-state index is 13.5. The van der Waals surface area contributed by atoms with Crippen LogP contribution in [-0.2, 0) is 4.74 Å². The van der Waals surface area contributed by atoms with Gasteiger partial charge in [0.2, 0.25) is 0 Å². The average Bonchev–Trinajstić information content (AvgIpc) is 3.39. The van der Waals surface area contributed by atoms with Crippen LogP contribution in [0.15, 0.2) is 24.4 Å². The van der Waals surface area contributed by atoms with Gasteiger partial charge in [0, 0.05) is 38.4 Å². The fourth-order valence-electron chi connectivity index (χ4n) is 3.92. The number of carbonyl (C=O) groups excluding carboxylic acids is 1. The minimum absolute atomic E-state index is 0.0881. The molecule has 0 atom stereocenters. The predicted molar refractivity (Wildman–Crippen MR) is 125 cm³/mol. The smallest absolute Gasteiger partial charge is 0.280 e. The molecule has 1 aliphatic rings. The van der Waals surface area contributed by atoms with Crippen LogP contribution in [0.5, 0.6) is 0 Å². The van der Waals surface area contributed by atoms with E-state index in [2.05, 4.69) is 49.8 Å². The minimum atomic E-state index is -0.0881. The van der Waals surface area contributed by atoms with Crippen molar-refractivity contribution in [2.75, 3.05) is 44.3 Å². The summed E-state index contributed by atoms with van der Waals surface area (Å²) < 4.78 is 8.41. The predicted octanol–water partition coefficient (Wildman–Crippen LogP) is 4.06. The molecule has 0 unspecified atom stereocenters. The Hall–Kier alpha value is -2.29. The molecule has 0 saturated carbocycles. The summed E-state index contributed by atoms with van der Waals surface area (Å²) in [7, 11) is 0. The van der Waals surface area contributed by atoms with E-state index >= 15 is 0 Å². The van der Waals surface area contributed by atoms with Crippen molar-refractivity contribution in [1.29, 1.82) is 0 Å². The van der Waals surface area contributed by atoms with E-state index in [1.165, 1.54) is 11.1 Å². The number of carbonyl (C=O) groups is 1. The normalized spacial score (nSPS) is 15.1. The molecule has 0 radical (unpaired) electrons. The zero-order chi connectivity index (χ0) is 22.0. The molecule has 3 heterocycles. The van der Waals surface area contributed by atoms with E-state index in [1.807, 2.05) is 15.8 Å². The molecule has 166 valence electrons. The Bertz CT molecular complexity index is 1050. The fraction of sp³-hybridized carbons (Fsp3) is 0.522. The van der Waals surface area contributed by atoms with Gasteiger partial charge in [-0.1, -0.05) is 17.4 Å². The molecule has 1 aromatic carbocycles. The Balaban J connectivity index is 1.59. The second kappa shape index (κ2) is 9.46. The molecular formula is C23H31N5O2S. The van der Waals surface area contributed by atoms with E-state index in [0.717, 1.165) is 54.6 Å². The number of benzene rings is 1. The number of nitrogens with zero attached hydrogens (tertiary/aromatic N) is 5. The van der Waals surface area contributed by atoms with E-state index in [4.69, 9.17) is 9.72 Å². The van der Waals surface area contributed by atoms with Crippen LogP contribution in [0.3, 0.4) is 0 Å². The summed E-state index contributed by atoms with van der Waals surface area (Å²) in [6.07, 6.45) is 2.75. The highest BCUT2D eigenvalue weighted by Crippen LogP contribution is 2.33. The minimum Gasteiger partial charge on any atom is -0.379 e. The summed E-state index contributed by atoms with van der Waals surface area (Å²) in [5, 5.41) is 5.26. The molecule has 8 heteroatoms. The Kier molecular flexibility index (Phi) is 6.69. The molecule has 0 spiro atoms. The average molecular weight is 442 g/mol. The van der Waals surface area contributed by atoms with E-state index in [0.29, 0.717) is 12.2 Å². The standard InChI is InChI=1S/C23H31N5O2S/c1-16(2)28-9-6-19(25-28)22(29)27(8-5-7-26-10-12-30-13-11-26)23-24-20-15-17(3)14-18(4)21(20)31-23/h6,9,14-16H,5,7-8,10-13H2,1-4H3. The van der Waals surface area contributed by atoms with Crippen LogP contribution < -0.4 is 4.90 Å². The zero-order valence-electron chi connectivity index (χ0n) is 18.8. The monoisotopic (exact) mass is 441 g/mol. The van der Waals surface area contributed by atoms with Gasteiger partial charge in [-0.3, -0.25) is 19.3 Å². The Morgan fingerprint density at radius 3 is 2.74 bits per heavy atom. The van der Waals surface area contributed by atoms with Crippen LogP contribution in [0.4, 0.5) is 5.13 Å². The van der Waals surface area contributed by atoms with E-state index in [-0.39, 0.29) is 11.9 Å². The number of aryl methyl sites for hydroxylation is 2. The van der Waals surface area contributed by atoms with Gasteiger partial charge in [-0.25, -0.2) is 4.98 Å². The maximum Gasteiger partial charge on any atom is 0.280 e. The van der Waals surface area contributed by atoms with E-state index in [1.54, 1.807) is 17.4 Å². The van der Waals surface area contributed by atoms with Crippen molar-refractivity contribution < 1.29 is 9.53 Å². The first-order chi connectivity index (χ1) is 14.9. The summed E-state index contributed by atoms with van der Waals surface area (Å²) in [6, 6.07) is 6.27. The highest BCUT2D eigenvalue weighted by atomic mass is 32.1. The number of aromatic nitrogens is 3. The highest BCUT2D eigenvalue weighted by Gasteiger charge is 2.24. The van der Waals surface area contributed by atoms with Crippen LogP contribution in [0.25, 0.3) is 10.2 Å². The molecule has 0 N–H and O–H groups in total. The molecular weight excluding hydrogens is 410 g/mol. The number of hydrogen-bond acceptors (Lipinski definition) is 6. The summed E-state index contributed by atoms with van der Waals surface area (Å²) in [4.78, 5) is 22.5. The third-order valence-electron chi connectivity index (χ3n) is 5.60. The van der Waals surface area contributed by atoms with Gasteiger partial charge in [-0.2, -0.15) is 5.10 Å². The number of thiazole rings is 1. The first-order valence-corrected chi connectivity index (χ1v) is 11.8. The molecule has 2 aromatic heterocycles. The number of anilines is 1. The lowest BCUT2D eigenvalue weighted by atomic mass is 10.1. The summed E-state index contributed by atoms with van der Waals surface area (Å²) in [6.45, 7) is 13.3. The third-order valence-corrected chi connectivity index (χ3v) is 6.83. The molecule has 1 fully saturated rings. The van der Waals surface area contributed by atoms with Gasteiger partial charge in [0.05, 0.1) is 23.4 Å². The Morgan fingerprint density at radius 2 is 2.03 bits per heavy atom. The molecule has 1 aliphatic heterocycles. The van der Waals surface area contributed by atoms with Crippen molar-refractivity contribution in [3.05, 3.63) is 41.2 Å². The lowest BCUT2D eigenvalue weighted by molar-refractivity contribution is 0.0376. The number of fused-ring (bicyclic) bond motifs is 1. The molecule has 31 heavy (non-hydrogen) atoms. The molecule has 0 aliphatic carbocycles. The zero-order valence-corrected chi connectivity index (χ0v) is 19.6. The second-order valence-electron chi connectivity index (χ2n) is 8.47. The largest absolute Gasteiger partial charge is 0.379 e. The van der Waals surface area contributed by atoms with Crippen LogP contribution >= 0.6 is 11.3 Å². The number of morpholine rings is 1. The van der Waals surface area contributed by atoms with Gasteiger partial charge < -0.3 is 4.74 Å². The van der Waals surface area contributed by atoms with Gasteiger partial charge in [0.25, 0.3) is 5.91 Å². The van der Waals surface area contributed by atoms with Crippen LogP contribution in [-0.4, -0.2) is 65.0 Å². The van der Waals surface area contributed by atoms with Crippen molar-refractivity contribution in [3.63, 3.8) is 0 Å². The van der Waals surface area contributed by atoms with Crippen molar-refractivity contribution >= 4 is 32.6 Å². The van der Waals surface area contributed by atoms with Gasteiger partial charge in [0.15, 0.2) is 10.8 Å². The van der Waals surface area contributed by atoms with Crippen molar-refractivity contribution in [3.8, 4) is 0 Å². The number of ether oxygens (including phenoxy) is 1. The lowest BCUT2D eigenvalue weighted by Gasteiger charge is -2.27. The first kappa shape index (κ1) is 21.9. The second-order valence-corrected chi connectivity index (χ2v) is 9.44. The fourth-order valence-corrected chi connectivity index (χ4v) is 4.96. The van der Waals surface area contributed by atoms with Gasteiger partial charge in [0.1, 0.15) is 0 Å². The van der Waals surface area contributed by atoms with Crippen molar-refractivity contribution in [2.24, 2.45) is 0 Å². The van der Waals surface area contributed by atoms with Crippen LogP contribution in [0, 0.1) is 13.8 Å². The third kappa shape index (κ3) is 4.97. The molecule has 3 aromatic rings. The quantitative estimate of drug-likeness (QED) is 0.553.